The second-order valence-corrected chi connectivity index (χ2v) is 5.10. The highest BCUT2D eigenvalue weighted by Crippen LogP contribution is 2.29. The van der Waals surface area contributed by atoms with Gasteiger partial charge in [0.15, 0.2) is 0 Å². The van der Waals surface area contributed by atoms with Gasteiger partial charge >= 0.3 is 0 Å². The lowest BCUT2D eigenvalue weighted by molar-refractivity contribution is 0.441. The molecule has 5 nitrogen and oxygen atoms in total. The minimum atomic E-state index is 0.296. The van der Waals surface area contributed by atoms with Gasteiger partial charge < -0.3 is 10.5 Å². The second kappa shape index (κ2) is 4.62. The van der Waals surface area contributed by atoms with Gasteiger partial charge in [-0.15, -0.1) is 5.10 Å². The van der Waals surface area contributed by atoms with E-state index in [1.807, 2.05) is 13.0 Å². The van der Waals surface area contributed by atoms with Gasteiger partial charge in [0.05, 0.1) is 5.56 Å². The number of thiocarbonyl (C=S) groups is 1. The molecular formula is C13H14N4OS. The number of aromatic amines is 1. The lowest BCUT2D eigenvalue weighted by Gasteiger charge is -2.09. The predicted octanol–water partition coefficient (Wildman–Crippen LogP) is 2.03. The summed E-state index contributed by atoms with van der Waals surface area (Å²) in [6.07, 6.45) is 3.12. The molecule has 2 aromatic rings. The average molecular weight is 274 g/mol. The maximum atomic E-state index is 5.75. The number of nitrogens with two attached hydrogens (primary N) is 1. The minimum Gasteiger partial charge on any atom is -0.418 e. The molecule has 2 heterocycles. The summed E-state index contributed by atoms with van der Waals surface area (Å²) in [6, 6.07) is 3.80. The second-order valence-electron chi connectivity index (χ2n) is 4.66. The number of aryl methyl sites for hydroxylation is 3. The van der Waals surface area contributed by atoms with Gasteiger partial charge in [-0.3, -0.25) is 5.10 Å². The highest BCUT2D eigenvalue weighted by atomic mass is 32.1. The Morgan fingerprint density at radius 2 is 2.26 bits per heavy atom. The predicted molar refractivity (Wildman–Crippen MR) is 75.5 cm³/mol. The Morgan fingerprint density at radius 3 is 2.95 bits per heavy atom. The molecule has 98 valence electrons. The summed E-state index contributed by atoms with van der Waals surface area (Å²) in [7, 11) is 0. The molecule has 1 aliphatic carbocycles. The van der Waals surface area contributed by atoms with Crippen LogP contribution in [0.25, 0.3) is 0 Å². The largest absolute Gasteiger partial charge is 0.418 e. The molecule has 0 spiro atoms. The molecule has 0 fully saturated rings. The van der Waals surface area contributed by atoms with Crippen LogP contribution in [0.5, 0.6) is 11.8 Å². The minimum absolute atomic E-state index is 0.296. The Kier molecular flexibility index (Phi) is 2.94. The van der Waals surface area contributed by atoms with Crippen LogP contribution in [-0.4, -0.2) is 20.2 Å². The Balaban J connectivity index is 2.01. The molecule has 3 N–H and O–H groups in total. The van der Waals surface area contributed by atoms with Gasteiger partial charge in [-0.25, -0.2) is 4.98 Å². The summed E-state index contributed by atoms with van der Waals surface area (Å²) >= 11 is 5.07. The molecule has 0 unspecified atom stereocenters. The summed E-state index contributed by atoms with van der Waals surface area (Å²) in [5, 5.41) is 6.86. The monoisotopic (exact) mass is 274 g/mol. The summed E-state index contributed by atoms with van der Waals surface area (Å²) < 4.78 is 5.70. The molecule has 0 aliphatic heterocycles. The van der Waals surface area contributed by atoms with Crippen molar-refractivity contribution in [2.24, 2.45) is 5.73 Å². The van der Waals surface area contributed by atoms with Gasteiger partial charge in [-0.1, -0.05) is 12.2 Å². The van der Waals surface area contributed by atoms with E-state index in [0.29, 0.717) is 22.3 Å². The van der Waals surface area contributed by atoms with Crippen LogP contribution in [-0.2, 0) is 12.8 Å². The average Bonchev–Trinajstić information content (AvgIpc) is 2.96. The van der Waals surface area contributed by atoms with E-state index in [2.05, 4.69) is 15.2 Å². The van der Waals surface area contributed by atoms with E-state index < -0.39 is 0 Å². The van der Waals surface area contributed by atoms with E-state index in [0.717, 1.165) is 30.7 Å². The fourth-order valence-corrected chi connectivity index (χ4v) is 2.40. The van der Waals surface area contributed by atoms with E-state index in [1.54, 1.807) is 6.07 Å². The Morgan fingerprint density at radius 1 is 1.42 bits per heavy atom. The first-order chi connectivity index (χ1) is 9.13. The van der Waals surface area contributed by atoms with E-state index in [-0.39, 0.29) is 0 Å². The van der Waals surface area contributed by atoms with Gasteiger partial charge in [0.2, 0.25) is 11.8 Å². The number of fused-ring (bicyclic) bond motifs is 1. The number of nitrogens with one attached hydrogen (secondary N) is 1. The van der Waals surface area contributed by atoms with E-state index in [9.17, 15) is 0 Å². The molecule has 2 aromatic heterocycles. The van der Waals surface area contributed by atoms with Crippen molar-refractivity contribution < 1.29 is 4.74 Å². The summed E-state index contributed by atoms with van der Waals surface area (Å²) in [5.41, 5.74) is 9.64. The van der Waals surface area contributed by atoms with Crippen LogP contribution < -0.4 is 10.5 Å². The molecular weight excluding hydrogens is 260 g/mol. The molecule has 0 amide bonds. The van der Waals surface area contributed by atoms with Crippen LogP contribution in [0.2, 0.25) is 0 Å². The molecule has 0 atom stereocenters. The van der Waals surface area contributed by atoms with E-state index in [1.165, 1.54) is 5.56 Å². The highest BCUT2D eigenvalue weighted by molar-refractivity contribution is 7.80. The van der Waals surface area contributed by atoms with Crippen molar-refractivity contribution in [1.29, 1.82) is 0 Å². The molecule has 0 radical (unpaired) electrons. The lowest BCUT2D eigenvalue weighted by Crippen LogP contribution is -2.13. The fraction of sp³-hybridized carbons (Fsp3) is 0.308. The summed E-state index contributed by atoms with van der Waals surface area (Å²) in [6.45, 7) is 1.91. The van der Waals surface area contributed by atoms with E-state index in [4.69, 9.17) is 22.7 Å². The number of rotatable bonds is 3. The number of hydrogen-bond acceptors (Lipinski definition) is 4. The molecule has 0 saturated heterocycles. The number of H-pyrrole nitrogens is 1. The Labute approximate surface area is 116 Å². The third-order valence-electron chi connectivity index (χ3n) is 3.16. The van der Waals surface area contributed by atoms with Crippen LogP contribution in [0.15, 0.2) is 12.1 Å². The first kappa shape index (κ1) is 12.1. The van der Waals surface area contributed by atoms with Gasteiger partial charge in [-0.2, -0.15) is 0 Å². The molecule has 19 heavy (non-hydrogen) atoms. The zero-order chi connectivity index (χ0) is 13.4. The quantitative estimate of drug-likeness (QED) is 0.837. The van der Waals surface area contributed by atoms with Crippen molar-refractivity contribution in [1.82, 2.24) is 15.2 Å². The van der Waals surface area contributed by atoms with Gasteiger partial charge in [0.1, 0.15) is 4.99 Å². The number of nitrogens with zero attached hydrogens (tertiary/aromatic N) is 2. The van der Waals surface area contributed by atoms with Crippen molar-refractivity contribution in [3.8, 4) is 11.8 Å². The molecule has 0 saturated carbocycles. The summed E-state index contributed by atoms with van der Waals surface area (Å²) in [4.78, 5) is 4.83. The van der Waals surface area contributed by atoms with Gasteiger partial charge in [0.25, 0.3) is 0 Å². The molecule has 6 heteroatoms. The Hall–Kier alpha value is -1.95. The zero-order valence-electron chi connectivity index (χ0n) is 10.6. The van der Waals surface area contributed by atoms with Crippen LogP contribution in [0.3, 0.4) is 0 Å². The maximum Gasteiger partial charge on any atom is 0.240 e. The number of hydrogen-bond donors (Lipinski definition) is 2. The fourth-order valence-electron chi connectivity index (χ4n) is 2.25. The standard InChI is InChI=1S/C13H14N4OS/c1-7-5-11(17-16-7)18-13-9(12(14)19)6-8-3-2-4-10(8)15-13/h5-6H,2-4H2,1H3,(H2,14,19)(H,16,17). The van der Waals surface area contributed by atoms with Gasteiger partial charge in [0, 0.05) is 17.5 Å². The first-order valence-corrected chi connectivity index (χ1v) is 6.57. The maximum absolute atomic E-state index is 5.75. The smallest absolute Gasteiger partial charge is 0.240 e. The van der Waals surface area contributed by atoms with Crippen LogP contribution in [0.1, 0.15) is 28.9 Å². The van der Waals surface area contributed by atoms with Gasteiger partial charge in [-0.05, 0) is 37.8 Å². The van der Waals surface area contributed by atoms with Crippen LogP contribution in [0.4, 0.5) is 0 Å². The Bertz CT molecular complexity index is 650. The van der Waals surface area contributed by atoms with E-state index >= 15 is 0 Å². The number of pyridine rings is 1. The van der Waals surface area contributed by atoms with Crippen molar-refractivity contribution in [2.45, 2.75) is 26.2 Å². The first-order valence-electron chi connectivity index (χ1n) is 6.16. The lowest BCUT2D eigenvalue weighted by atomic mass is 10.1. The van der Waals surface area contributed by atoms with Crippen molar-refractivity contribution in [2.75, 3.05) is 0 Å². The van der Waals surface area contributed by atoms with Crippen molar-refractivity contribution in [3.05, 3.63) is 34.6 Å². The van der Waals surface area contributed by atoms with Crippen LogP contribution in [0, 0.1) is 6.92 Å². The third-order valence-corrected chi connectivity index (χ3v) is 3.38. The highest BCUT2D eigenvalue weighted by Gasteiger charge is 2.19. The summed E-state index contributed by atoms with van der Waals surface area (Å²) in [5.74, 6) is 0.917. The van der Waals surface area contributed by atoms with Crippen molar-refractivity contribution >= 4 is 17.2 Å². The topological polar surface area (TPSA) is 76.8 Å². The zero-order valence-corrected chi connectivity index (χ0v) is 11.4. The third kappa shape index (κ3) is 2.31. The SMILES string of the molecule is Cc1cc(Oc2nc3c(cc2C(N)=S)CCC3)n[nH]1. The molecule has 0 aromatic carbocycles. The van der Waals surface area contributed by atoms with Crippen molar-refractivity contribution in [3.63, 3.8) is 0 Å². The molecule has 1 aliphatic rings. The molecule has 0 bridgehead atoms. The number of aromatic nitrogens is 3. The molecule has 3 rings (SSSR count). The van der Waals surface area contributed by atoms with Crippen LogP contribution >= 0.6 is 12.2 Å². The normalized spacial score (nSPS) is 13.3. The number of ether oxygens (including phenoxy) is 1.